The normalized spacial score (nSPS) is 13.8. The fraction of sp³-hybridized carbons (Fsp3) is 0.969. The SMILES string of the molecule is CCCCCCCCCCCCCC(CCCCCCCCCC)OC(=O)[C@@H](N)[C@@H](C)CC.CCS(=O)(=O)O. The maximum Gasteiger partial charge on any atom is 0.323 e. The second kappa shape index (κ2) is 28.9. The van der Waals surface area contributed by atoms with Gasteiger partial charge in [0, 0.05) is 0 Å². The molecule has 0 saturated heterocycles. The largest absolute Gasteiger partial charge is 0.461 e. The summed E-state index contributed by atoms with van der Waals surface area (Å²) in [6.45, 7) is 10.0. The second-order valence-electron chi connectivity index (χ2n) is 11.4. The van der Waals surface area contributed by atoms with Crippen molar-refractivity contribution in [2.45, 2.75) is 188 Å². The first kappa shape index (κ1) is 40.5. The molecule has 3 atom stereocenters. The smallest absolute Gasteiger partial charge is 0.323 e. The van der Waals surface area contributed by atoms with E-state index in [2.05, 4.69) is 20.8 Å². The molecule has 0 rings (SSSR count). The van der Waals surface area contributed by atoms with Gasteiger partial charge in [-0.1, -0.05) is 143 Å². The molecule has 1 unspecified atom stereocenters. The Balaban J connectivity index is 0. The van der Waals surface area contributed by atoms with Crippen LogP contribution in [0.25, 0.3) is 0 Å². The van der Waals surface area contributed by atoms with Crippen LogP contribution < -0.4 is 5.73 Å². The minimum atomic E-state index is -3.66. The molecule has 39 heavy (non-hydrogen) atoms. The molecular weight excluding hydrogens is 510 g/mol. The third kappa shape index (κ3) is 30.1. The zero-order chi connectivity index (χ0) is 29.8. The molecule has 236 valence electrons. The molecule has 0 amide bonds. The van der Waals surface area contributed by atoms with Gasteiger partial charge in [-0.15, -0.1) is 0 Å². The van der Waals surface area contributed by atoms with Gasteiger partial charge < -0.3 is 10.5 Å². The first-order valence-electron chi connectivity index (χ1n) is 16.5. The van der Waals surface area contributed by atoms with Crippen molar-refractivity contribution < 1.29 is 22.5 Å². The second-order valence-corrected chi connectivity index (χ2v) is 13.2. The summed E-state index contributed by atoms with van der Waals surface area (Å²) in [5, 5.41) is 0. The molecule has 7 heteroatoms. The quantitative estimate of drug-likeness (QED) is 0.0602. The molecule has 0 aliphatic heterocycles. The molecule has 0 aromatic rings. The Labute approximate surface area is 243 Å². The molecule has 0 aromatic carbocycles. The van der Waals surface area contributed by atoms with Crippen molar-refractivity contribution in [3.05, 3.63) is 0 Å². The number of carbonyl (C=O) groups is 1. The van der Waals surface area contributed by atoms with Gasteiger partial charge in [0.05, 0.1) is 5.75 Å². The molecule has 0 aliphatic rings. The number of hydrogen-bond donors (Lipinski definition) is 2. The zero-order valence-electron chi connectivity index (χ0n) is 26.6. The van der Waals surface area contributed by atoms with Crippen molar-refractivity contribution in [3.63, 3.8) is 0 Å². The van der Waals surface area contributed by atoms with E-state index < -0.39 is 16.2 Å². The maximum absolute atomic E-state index is 12.5. The van der Waals surface area contributed by atoms with Crippen molar-refractivity contribution in [1.29, 1.82) is 0 Å². The Hall–Kier alpha value is -0.660. The summed E-state index contributed by atoms with van der Waals surface area (Å²) in [5.74, 6) is -0.201. The Morgan fingerprint density at radius 1 is 0.667 bits per heavy atom. The molecule has 3 N–H and O–H groups in total. The highest BCUT2D eigenvalue weighted by Gasteiger charge is 2.24. The summed E-state index contributed by atoms with van der Waals surface area (Å²) in [6.07, 6.45) is 28.4. The fourth-order valence-corrected chi connectivity index (χ4v) is 4.53. The van der Waals surface area contributed by atoms with Crippen LogP contribution in [0.4, 0.5) is 0 Å². The molecule has 0 aromatic heterocycles. The molecule has 0 aliphatic carbocycles. The van der Waals surface area contributed by atoms with Gasteiger partial charge in [0.1, 0.15) is 12.1 Å². The summed E-state index contributed by atoms with van der Waals surface area (Å²) in [6, 6.07) is -0.478. The summed E-state index contributed by atoms with van der Waals surface area (Å²) < 4.78 is 32.8. The van der Waals surface area contributed by atoms with Crippen molar-refractivity contribution in [2.75, 3.05) is 5.75 Å². The van der Waals surface area contributed by atoms with Crippen molar-refractivity contribution in [2.24, 2.45) is 11.7 Å². The van der Waals surface area contributed by atoms with E-state index in [4.69, 9.17) is 15.0 Å². The van der Waals surface area contributed by atoms with Crippen molar-refractivity contribution in [3.8, 4) is 0 Å². The Bertz CT molecular complexity index is 626. The van der Waals surface area contributed by atoms with E-state index in [0.29, 0.717) is 0 Å². The summed E-state index contributed by atoms with van der Waals surface area (Å²) in [7, 11) is -3.66. The number of unbranched alkanes of at least 4 members (excludes halogenated alkanes) is 17. The van der Waals surface area contributed by atoms with Crippen LogP contribution in [0.15, 0.2) is 0 Å². The number of carbonyl (C=O) groups excluding carboxylic acids is 1. The van der Waals surface area contributed by atoms with Gasteiger partial charge in [0.15, 0.2) is 0 Å². The Kier molecular flexibility index (Phi) is 29.9. The van der Waals surface area contributed by atoms with Gasteiger partial charge in [-0.3, -0.25) is 9.35 Å². The first-order chi connectivity index (χ1) is 18.6. The standard InChI is InChI=1S/C30H61NO2.C2H6O3S/c1-5-8-10-12-14-16-17-18-20-22-24-26-28(33-30(32)29(31)27(4)7-3)25-23-21-19-15-13-11-9-6-2;1-2-6(3,4)5/h27-29H,5-26,31H2,1-4H3;2H2,1H3,(H,3,4,5)/t27-,28?,29-;/m0./s1. The Morgan fingerprint density at radius 2 is 0.974 bits per heavy atom. The highest BCUT2D eigenvalue weighted by atomic mass is 32.2. The first-order valence-corrected chi connectivity index (χ1v) is 18.1. The summed E-state index contributed by atoms with van der Waals surface area (Å²) in [5.41, 5.74) is 6.14. The molecule has 0 bridgehead atoms. The third-order valence-corrected chi connectivity index (χ3v) is 8.42. The molecule has 0 spiro atoms. The lowest BCUT2D eigenvalue weighted by molar-refractivity contribution is -0.152. The van der Waals surface area contributed by atoms with Crippen LogP contribution in [0.5, 0.6) is 0 Å². The highest BCUT2D eigenvalue weighted by molar-refractivity contribution is 7.85. The predicted octanol–water partition coefficient (Wildman–Crippen LogP) is 9.40. The van der Waals surface area contributed by atoms with Crippen LogP contribution in [0.1, 0.15) is 176 Å². The fourth-order valence-electron chi connectivity index (χ4n) is 4.53. The molecular formula is C32H67NO5S. The third-order valence-electron chi connectivity index (χ3n) is 7.69. The van der Waals surface area contributed by atoms with Crippen LogP contribution in [-0.4, -0.2) is 36.8 Å². The van der Waals surface area contributed by atoms with Crippen LogP contribution in [0.3, 0.4) is 0 Å². The molecule has 0 fully saturated rings. The minimum absolute atomic E-state index is 0.0614. The monoisotopic (exact) mass is 577 g/mol. The molecule has 0 radical (unpaired) electrons. The highest BCUT2D eigenvalue weighted by Crippen LogP contribution is 2.19. The topological polar surface area (TPSA) is 107 Å². The zero-order valence-corrected chi connectivity index (χ0v) is 27.4. The lowest BCUT2D eigenvalue weighted by Crippen LogP contribution is -2.39. The predicted molar refractivity (Wildman–Crippen MR) is 168 cm³/mol. The van der Waals surface area contributed by atoms with Crippen molar-refractivity contribution in [1.82, 2.24) is 0 Å². The average Bonchev–Trinajstić information content (AvgIpc) is 2.91. The van der Waals surface area contributed by atoms with E-state index in [0.717, 1.165) is 19.3 Å². The summed E-state index contributed by atoms with van der Waals surface area (Å²) in [4.78, 5) is 12.5. The maximum atomic E-state index is 12.5. The lowest BCUT2D eigenvalue weighted by Gasteiger charge is -2.23. The van der Waals surface area contributed by atoms with E-state index >= 15 is 0 Å². The van der Waals surface area contributed by atoms with E-state index in [9.17, 15) is 13.2 Å². The van der Waals surface area contributed by atoms with E-state index in [1.54, 1.807) is 0 Å². The van der Waals surface area contributed by atoms with Crippen LogP contribution >= 0.6 is 0 Å². The minimum Gasteiger partial charge on any atom is -0.461 e. The van der Waals surface area contributed by atoms with Crippen LogP contribution in [0.2, 0.25) is 0 Å². The average molecular weight is 578 g/mol. The van der Waals surface area contributed by atoms with E-state index in [1.165, 1.54) is 129 Å². The number of rotatable bonds is 26. The number of hydrogen-bond acceptors (Lipinski definition) is 5. The van der Waals surface area contributed by atoms with Gasteiger partial charge in [0.2, 0.25) is 0 Å². The van der Waals surface area contributed by atoms with Gasteiger partial charge in [0.25, 0.3) is 10.1 Å². The van der Waals surface area contributed by atoms with Gasteiger partial charge in [-0.25, -0.2) is 0 Å². The Morgan fingerprint density at radius 3 is 1.26 bits per heavy atom. The number of esters is 1. The van der Waals surface area contributed by atoms with E-state index in [-0.39, 0.29) is 23.7 Å². The van der Waals surface area contributed by atoms with Gasteiger partial charge >= 0.3 is 5.97 Å². The van der Waals surface area contributed by atoms with Crippen LogP contribution in [0, 0.1) is 5.92 Å². The molecule has 0 heterocycles. The van der Waals surface area contributed by atoms with Gasteiger partial charge in [-0.05, 0) is 38.5 Å². The molecule has 0 saturated carbocycles. The van der Waals surface area contributed by atoms with Crippen LogP contribution in [-0.2, 0) is 19.6 Å². The lowest BCUT2D eigenvalue weighted by atomic mass is 9.99. The van der Waals surface area contributed by atoms with E-state index in [1.807, 2.05) is 6.92 Å². The number of ether oxygens (including phenoxy) is 1. The molecule has 6 nitrogen and oxygen atoms in total. The summed E-state index contributed by atoms with van der Waals surface area (Å²) >= 11 is 0. The van der Waals surface area contributed by atoms with Crippen molar-refractivity contribution >= 4 is 16.1 Å². The van der Waals surface area contributed by atoms with Gasteiger partial charge in [-0.2, -0.15) is 8.42 Å². The number of nitrogens with two attached hydrogens (primary N) is 1.